The molecule has 2 saturated heterocycles. The third-order valence-corrected chi connectivity index (χ3v) is 6.45. The topological polar surface area (TPSA) is 79.8 Å². The number of hydrogen-bond acceptors (Lipinski definition) is 8. The molecular weight excluding hydrogens is 426 g/mol. The zero-order chi connectivity index (χ0) is 22.2. The standard InChI is InChI=1S/C23H31N5O3S/c1-18-15-21(28-9-13-31-14-10-28)26-23(25-18)32-17-19-3-2-4-20(16-19)22(29)24-5-6-27-7-11-30-12-8-27/h2-4,15-16H,5-14,17H2,1H3,(H,24,29). The van der Waals surface area contributed by atoms with E-state index in [9.17, 15) is 4.79 Å². The molecule has 0 saturated carbocycles. The number of nitrogens with one attached hydrogen (secondary N) is 1. The maximum Gasteiger partial charge on any atom is 0.251 e. The van der Waals surface area contributed by atoms with Gasteiger partial charge in [0.05, 0.1) is 26.4 Å². The lowest BCUT2D eigenvalue weighted by Crippen LogP contribution is -2.41. The third kappa shape index (κ3) is 6.65. The van der Waals surface area contributed by atoms with Crippen LogP contribution in [-0.2, 0) is 15.2 Å². The van der Waals surface area contributed by atoms with Gasteiger partial charge >= 0.3 is 0 Å². The fraction of sp³-hybridized carbons (Fsp3) is 0.522. The molecule has 32 heavy (non-hydrogen) atoms. The maximum atomic E-state index is 12.6. The quantitative estimate of drug-likeness (QED) is 0.476. The summed E-state index contributed by atoms with van der Waals surface area (Å²) in [5, 5.41) is 3.79. The number of nitrogens with zero attached hydrogens (tertiary/aromatic N) is 4. The molecule has 2 aliphatic rings. The average molecular weight is 458 g/mol. The van der Waals surface area contributed by atoms with Crippen LogP contribution in [-0.4, -0.2) is 86.5 Å². The molecular formula is C23H31N5O3S. The minimum absolute atomic E-state index is 0.0356. The van der Waals surface area contributed by atoms with Crippen molar-refractivity contribution in [2.24, 2.45) is 0 Å². The van der Waals surface area contributed by atoms with Gasteiger partial charge in [-0.3, -0.25) is 9.69 Å². The molecule has 0 bridgehead atoms. The lowest BCUT2D eigenvalue weighted by Gasteiger charge is -2.28. The second-order valence-electron chi connectivity index (χ2n) is 7.95. The van der Waals surface area contributed by atoms with Crippen LogP contribution in [0.15, 0.2) is 35.5 Å². The molecule has 1 amide bonds. The van der Waals surface area contributed by atoms with E-state index in [0.29, 0.717) is 17.9 Å². The molecule has 0 radical (unpaired) electrons. The van der Waals surface area contributed by atoms with E-state index in [1.807, 2.05) is 37.3 Å². The Morgan fingerprint density at radius 2 is 1.81 bits per heavy atom. The van der Waals surface area contributed by atoms with Crippen molar-refractivity contribution in [1.82, 2.24) is 20.2 Å². The van der Waals surface area contributed by atoms with Gasteiger partial charge in [0.2, 0.25) is 0 Å². The minimum atomic E-state index is -0.0356. The van der Waals surface area contributed by atoms with Crippen LogP contribution < -0.4 is 10.2 Å². The zero-order valence-electron chi connectivity index (χ0n) is 18.6. The molecule has 0 unspecified atom stereocenters. The Balaban J connectivity index is 1.30. The fourth-order valence-corrected chi connectivity index (χ4v) is 4.59. The molecule has 1 aromatic heterocycles. The van der Waals surface area contributed by atoms with Crippen molar-refractivity contribution >= 4 is 23.5 Å². The van der Waals surface area contributed by atoms with E-state index in [1.54, 1.807) is 11.8 Å². The molecule has 0 atom stereocenters. The number of morpholine rings is 2. The van der Waals surface area contributed by atoms with Gasteiger partial charge in [-0.15, -0.1) is 0 Å². The number of anilines is 1. The first-order valence-corrected chi connectivity index (χ1v) is 12.1. The van der Waals surface area contributed by atoms with Gasteiger partial charge in [-0.1, -0.05) is 23.9 Å². The molecule has 3 heterocycles. The van der Waals surface area contributed by atoms with Crippen LogP contribution >= 0.6 is 11.8 Å². The number of hydrogen-bond donors (Lipinski definition) is 1. The Morgan fingerprint density at radius 1 is 1.06 bits per heavy atom. The van der Waals surface area contributed by atoms with E-state index in [0.717, 1.165) is 81.4 Å². The summed E-state index contributed by atoms with van der Waals surface area (Å²) in [5.41, 5.74) is 2.72. The molecule has 0 spiro atoms. The van der Waals surface area contributed by atoms with Gasteiger partial charge in [-0.2, -0.15) is 0 Å². The molecule has 1 N–H and O–H groups in total. The molecule has 172 valence electrons. The Bertz CT molecular complexity index is 901. The van der Waals surface area contributed by atoms with Crippen LogP contribution in [0.5, 0.6) is 0 Å². The molecule has 2 fully saturated rings. The van der Waals surface area contributed by atoms with Crippen molar-refractivity contribution in [2.45, 2.75) is 17.8 Å². The summed E-state index contributed by atoms with van der Waals surface area (Å²) in [6.07, 6.45) is 0. The number of carbonyl (C=O) groups excluding carboxylic acids is 1. The monoisotopic (exact) mass is 457 g/mol. The number of ether oxygens (including phenoxy) is 2. The van der Waals surface area contributed by atoms with Crippen LogP contribution in [0.3, 0.4) is 0 Å². The van der Waals surface area contributed by atoms with E-state index in [2.05, 4.69) is 20.1 Å². The Kier molecular flexibility index (Phi) is 8.33. The minimum Gasteiger partial charge on any atom is -0.379 e. The predicted molar refractivity (Wildman–Crippen MR) is 125 cm³/mol. The van der Waals surface area contributed by atoms with Gasteiger partial charge in [0.25, 0.3) is 5.91 Å². The van der Waals surface area contributed by atoms with E-state index in [4.69, 9.17) is 14.5 Å². The van der Waals surface area contributed by atoms with Gasteiger partial charge < -0.3 is 19.7 Å². The first kappa shape index (κ1) is 23.0. The van der Waals surface area contributed by atoms with Gasteiger partial charge in [0.15, 0.2) is 5.16 Å². The van der Waals surface area contributed by atoms with Gasteiger partial charge in [-0.05, 0) is 24.6 Å². The molecule has 8 nitrogen and oxygen atoms in total. The number of benzene rings is 1. The van der Waals surface area contributed by atoms with E-state index >= 15 is 0 Å². The van der Waals surface area contributed by atoms with E-state index in [-0.39, 0.29) is 5.91 Å². The number of carbonyl (C=O) groups is 1. The first-order chi connectivity index (χ1) is 15.7. The van der Waals surface area contributed by atoms with Crippen molar-refractivity contribution < 1.29 is 14.3 Å². The highest BCUT2D eigenvalue weighted by Crippen LogP contribution is 2.23. The van der Waals surface area contributed by atoms with Crippen LogP contribution in [0.4, 0.5) is 5.82 Å². The number of amides is 1. The van der Waals surface area contributed by atoms with Crippen molar-refractivity contribution in [1.29, 1.82) is 0 Å². The second kappa shape index (κ2) is 11.6. The van der Waals surface area contributed by atoms with Gasteiger partial charge in [0.1, 0.15) is 5.82 Å². The summed E-state index contributed by atoms with van der Waals surface area (Å²) in [5.74, 6) is 1.63. The predicted octanol–water partition coefficient (Wildman–Crippen LogP) is 1.98. The average Bonchev–Trinajstić information content (AvgIpc) is 2.84. The molecule has 2 aliphatic heterocycles. The summed E-state index contributed by atoms with van der Waals surface area (Å²) in [4.78, 5) is 26.5. The largest absolute Gasteiger partial charge is 0.379 e. The molecule has 9 heteroatoms. The van der Waals surface area contributed by atoms with Crippen LogP contribution in [0.25, 0.3) is 0 Å². The molecule has 0 aliphatic carbocycles. The van der Waals surface area contributed by atoms with Crippen molar-refractivity contribution in [3.8, 4) is 0 Å². The first-order valence-electron chi connectivity index (χ1n) is 11.2. The Morgan fingerprint density at radius 3 is 2.59 bits per heavy atom. The number of aromatic nitrogens is 2. The van der Waals surface area contributed by atoms with Crippen LogP contribution in [0.1, 0.15) is 21.6 Å². The van der Waals surface area contributed by atoms with Crippen molar-refractivity contribution in [3.63, 3.8) is 0 Å². The fourth-order valence-electron chi connectivity index (χ4n) is 3.75. The second-order valence-corrected chi connectivity index (χ2v) is 8.89. The SMILES string of the molecule is Cc1cc(N2CCOCC2)nc(SCc2cccc(C(=O)NCCN3CCOCC3)c2)n1. The molecule has 4 rings (SSSR count). The number of rotatable bonds is 8. The van der Waals surface area contributed by atoms with Crippen molar-refractivity contribution in [2.75, 3.05) is 70.6 Å². The molecule has 2 aromatic rings. The molecule has 1 aromatic carbocycles. The highest BCUT2D eigenvalue weighted by Gasteiger charge is 2.15. The summed E-state index contributed by atoms with van der Waals surface area (Å²) >= 11 is 1.59. The van der Waals surface area contributed by atoms with Crippen LogP contribution in [0, 0.1) is 6.92 Å². The maximum absolute atomic E-state index is 12.6. The lowest BCUT2D eigenvalue weighted by molar-refractivity contribution is 0.0383. The van der Waals surface area contributed by atoms with Gasteiger partial charge in [-0.25, -0.2) is 9.97 Å². The third-order valence-electron chi connectivity index (χ3n) is 5.53. The van der Waals surface area contributed by atoms with Crippen LogP contribution in [0.2, 0.25) is 0 Å². The van der Waals surface area contributed by atoms with E-state index in [1.165, 1.54) is 0 Å². The van der Waals surface area contributed by atoms with Crippen molar-refractivity contribution in [3.05, 3.63) is 47.2 Å². The zero-order valence-corrected chi connectivity index (χ0v) is 19.4. The summed E-state index contributed by atoms with van der Waals surface area (Å²) < 4.78 is 10.8. The summed E-state index contributed by atoms with van der Waals surface area (Å²) in [7, 11) is 0. The van der Waals surface area contributed by atoms with E-state index < -0.39 is 0 Å². The highest BCUT2D eigenvalue weighted by atomic mass is 32.2. The summed E-state index contributed by atoms with van der Waals surface area (Å²) in [6, 6.07) is 9.81. The lowest BCUT2D eigenvalue weighted by atomic mass is 10.1. The number of aryl methyl sites for hydroxylation is 1. The highest BCUT2D eigenvalue weighted by molar-refractivity contribution is 7.98. The normalized spacial score (nSPS) is 17.3. The smallest absolute Gasteiger partial charge is 0.251 e. The number of thioether (sulfide) groups is 1. The summed E-state index contributed by atoms with van der Waals surface area (Å²) in [6.45, 7) is 10.0. The Hall–Kier alpha value is -2.20. The van der Waals surface area contributed by atoms with Gasteiger partial charge in [0, 0.05) is 62.3 Å². The Labute approximate surface area is 193 Å².